The molecule has 2 aromatic rings. The molecule has 4 rings (SSSR count). The molecule has 180 valence electrons. The second-order valence-electron chi connectivity index (χ2n) is 9.00. The van der Waals surface area contributed by atoms with Crippen molar-refractivity contribution in [1.82, 2.24) is 14.5 Å². The number of piperidine rings is 1. The average molecular weight is 485 g/mol. The van der Waals surface area contributed by atoms with E-state index in [2.05, 4.69) is 10.6 Å². The highest BCUT2D eigenvalue weighted by molar-refractivity contribution is 7.89. The van der Waals surface area contributed by atoms with E-state index in [0.717, 1.165) is 17.7 Å². The molecule has 0 aromatic heterocycles. The van der Waals surface area contributed by atoms with Gasteiger partial charge >= 0.3 is 6.03 Å². The maximum Gasteiger partial charge on any atom is 0.325 e. The average Bonchev–Trinajstić information content (AvgIpc) is 3.04. The largest absolute Gasteiger partial charge is 0.325 e. The molecule has 4 amide bonds. The summed E-state index contributed by atoms with van der Waals surface area (Å²) in [6.45, 7) is 4.17. The summed E-state index contributed by atoms with van der Waals surface area (Å²) in [4.78, 5) is 39.0. The van der Waals surface area contributed by atoms with Gasteiger partial charge in [0.05, 0.1) is 4.90 Å². The van der Waals surface area contributed by atoms with Gasteiger partial charge in [0.25, 0.3) is 5.91 Å². The predicted molar refractivity (Wildman–Crippen MR) is 126 cm³/mol. The number of urea groups is 1. The van der Waals surface area contributed by atoms with Gasteiger partial charge in [-0.15, -0.1) is 0 Å². The van der Waals surface area contributed by atoms with Gasteiger partial charge in [-0.05, 0) is 55.5 Å². The Kier molecular flexibility index (Phi) is 6.46. The minimum absolute atomic E-state index is 0.160. The Morgan fingerprint density at radius 3 is 2.44 bits per heavy atom. The van der Waals surface area contributed by atoms with Crippen LogP contribution in [-0.4, -0.2) is 55.1 Å². The number of hydrogen-bond acceptors (Lipinski definition) is 5. The Morgan fingerprint density at radius 1 is 1.12 bits per heavy atom. The van der Waals surface area contributed by atoms with Crippen molar-refractivity contribution in [2.24, 2.45) is 5.92 Å². The number of benzene rings is 2. The molecule has 2 aromatic carbocycles. The highest BCUT2D eigenvalue weighted by Gasteiger charge is 2.49. The van der Waals surface area contributed by atoms with Crippen LogP contribution in [0.5, 0.6) is 0 Å². The molecule has 0 aliphatic carbocycles. The van der Waals surface area contributed by atoms with Crippen LogP contribution in [0.3, 0.4) is 0 Å². The fourth-order valence-electron chi connectivity index (χ4n) is 4.38. The molecule has 2 aliphatic rings. The van der Waals surface area contributed by atoms with Crippen molar-refractivity contribution in [3.8, 4) is 0 Å². The van der Waals surface area contributed by atoms with Crippen LogP contribution in [0.25, 0.3) is 0 Å². The van der Waals surface area contributed by atoms with Crippen molar-refractivity contribution >= 4 is 33.6 Å². The lowest BCUT2D eigenvalue weighted by atomic mass is 9.92. The van der Waals surface area contributed by atoms with Crippen LogP contribution in [0.15, 0.2) is 59.5 Å². The van der Waals surface area contributed by atoms with Crippen molar-refractivity contribution in [3.63, 3.8) is 0 Å². The molecule has 10 heteroatoms. The molecule has 0 saturated carbocycles. The van der Waals surface area contributed by atoms with E-state index in [0.29, 0.717) is 30.3 Å². The van der Waals surface area contributed by atoms with Crippen molar-refractivity contribution in [1.29, 1.82) is 0 Å². The number of hydrogen-bond donors (Lipinski definition) is 2. The van der Waals surface area contributed by atoms with E-state index in [9.17, 15) is 22.8 Å². The second-order valence-corrected chi connectivity index (χ2v) is 10.9. The van der Waals surface area contributed by atoms with Crippen LogP contribution in [0.2, 0.25) is 0 Å². The van der Waals surface area contributed by atoms with Crippen molar-refractivity contribution in [3.05, 3.63) is 60.2 Å². The van der Waals surface area contributed by atoms with E-state index in [1.807, 2.05) is 13.0 Å². The van der Waals surface area contributed by atoms with Gasteiger partial charge in [-0.1, -0.05) is 37.3 Å². The van der Waals surface area contributed by atoms with Crippen molar-refractivity contribution in [2.75, 3.05) is 25.0 Å². The molecule has 2 fully saturated rings. The summed E-state index contributed by atoms with van der Waals surface area (Å²) in [6, 6.07) is 14.1. The molecule has 0 radical (unpaired) electrons. The molecule has 0 spiro atoms. The van der Waals surface area contributed by atoms with Crippen molar-refractivity contribution < 1.29 is 22.8 Å². The molecular weight excluding hydrogens is 456 g/mol. The standard InChI is InChI=1S/C24H28N4O5S/c1-17-7-6-14-27(15-17)34(32,33)20-12-10-19(11-13-20)25-21(29)16-28-22(30)24(2,26-23(28)31)18-8-4-3-5-9-18/h3-5,8-13,17H,6-7,14-16H2,1-2H3,(H,25,29)(H,26,31)/t17-,24-/m1/s1. The normalized spacial score (nSPS) is 23.6. The van der Waals surface area contributed by atoms with Crippen LogP contribution < -0.4 is 10.6 Å². The smallest absolute Gasteiger partial charge is 0.325 e. The quantitative estimate of drug-likeness (QED) is 0.612. The van der Waals surface area contributed by atoms with E-state index in [1.165, 1.54) is 28.6 Å². The number of nitrogens with zero attached hydrogens (tertiary/aromatic N) is 2. The summed E-state index contributed by atoms with van der Waals surface area (Å²) >= 11 is 0. The highest BCUT2D eigenvalue weighted by Crippen LogP contribution is 2.29. The van der Waals surface area contributed by atoms with Crippen LogP contribution in [0, 0.1) is 5.92 Å². The Labute approximate surface area is 199 Å². The van der Waals surface area contributed by atoms with Crippen LogP contribution in [0.1, 0.15) is 32.3 Å². The van der Waals surface area contributed by atoms with Gasteiger partial charge in [-0.2, -0.15) is 4.31 Å². The molecule has 2 aliphatic heterocycles. The molecule has 2 saturated heterocycles. The number of amides is 4. The molecule has 0 bridgehead atoms. The zero-order chi connectivity index (χ0) is 24.5. The third kappa shape index (κ3) is 4.55. The van der Waals surface area contributed by atoms with E-state index in [4.69, 9.17) is 0 Å². The molecule has 2 N–H and O–H groups in total. The van der Waals surface area contributed by atoms with Gasteiger partial charge in [-0.3, -0.25) is 14.5 Å². The van der Waals surface area contributed by atoms with E-state index in [1.54, 1.807) is 31.2 Å². The van der Waals surface area contributed by atoms with Crippen LogP contribution in [-0.2, 0) is 25.2 Å². The number of nitrogens with one attached hydrogen (secondary N) is 2. The Hall–Kier alpha value is -3.24. The van der Waals surface area contributed by atoms with Crippen LogP contribution in [0.4, 0.5) is 10.5 Å². The first-order chi connectivity index (χ1) is 16.1. The third-order valence-electron chi connectivity index (χ3n) is 6.32. The second kappa shape index (κ2) is 9.19. The third-order valence-corrected chi connectivity index (χ3v) is 8.20. The Balaban J connectivity index is 1.41. The van der Waals surface area contributed by atoms with Crippen LogP contribution >= 0.6 is 0 Å². The first kappa shape index (κ1) is 23.9. The minimum Gasteiger partial charge on any atom is -0.325 e. The first-order valence-corrected chi connectivity index (χ1v) is 12.6. The maximum atomic E-state index is 12.9. The zero-order valence-electron chi connectivity index (χ0n) is 19.2. The highest BCUT2D eigenvalue weighted by atomic mass is 32.2. The first-order valence-electron chi connectivity index (χ1n) is 11.2. The van der Waals surface area contributed by atoms with E-state index >= 15 is 0 Å². The Morgan fingerprint density at radius 2 is 1.79 bits per heavy atom. The number of imide groups is 1. The number of rotatable bonds is 6. The summed E-state index contributed by atoms with van der Waals surface area (Å²) in [7, 11) is -3.60. The summed E-state index contributed by atoms with van der Waals surface area (Å²) in [5.41, 5.74) is -0.259. The van der Waals surface area contributed by atoms with E-state index < -0.39 is 40.0 Å². The number of carbonyl (C=O) groups is 3. The monoisotopic (exact) mass is 484 g/mol. The van der Waals surface area contributed by atoms with Crippen molar-refractivity contribution in [2.45, 2.75) is 37.1 Å². The summed E-state index contributed by atoms with van der Waals surface area (Å²) in [5.74, 6) is -0.770. The molecule has 0 unspecified atom stereocenters. The molecular formula is C24H28N4O5S. The van der Waals surface area contributed by atoms with Gasteiger partial charge in [0.2, 0.25) is 15.9 Å². The Bertz CT molecular complexity index is 1200. The fraction of sp³-hybridized carbons (Fsp3) is 0.375. The number of anilines is 1. The fourth-order valence-corrected chi connectivity index (χ4v) is 5.97. The predicted octanol–water partition coefficient (Wildman–Crippen LogP) is 2.51. The summed E-state index contributed by atoms with van der Waals surface area (Å²) < 4.78 is 27.3. The zero-order valence-corrected chi connectivity index (χ0v) is 20.0. The lowest BCUT2D eigenvalue weighted by Gasteiger charge is -2.30. The lowest BCUT2D eigenvalue weighted by molar-refractivity contribution is -0.133. The lowest BCUT2D eigenvalue weighted by Crippen LogP contribution is -2.42. The van der Waals surface area contributed by atoms with Gasteiger partial charge in [0.15, 0.2) is 0 Å². The summed E-state index contributed by atoms with van der Waals surface area (Å²) in [5, 5.41) is 5.28. The SMILES string of the molecule is C[C@@H]1CCCN(S(=O)(=O)c2ccc(NC(=O)CN3C(=O)N[C@](C)(c4ccccc4)C3=O)cc2)C1. The van der Waals surface area contributed by atoms with Gasteiger partial charge < -0.3 is 10.6 Å². The van der Waals surface area contributed by atoms with Gasteiger partial charge in [0, 0.05) is 18.8 Å². The molecule has 9 nitrogen and oxygen atoms in total. The minimum atomic E-state index is -3.60. The van der Waals surface area contributed by atoms with E-state index in [-0.39, 0.29) is 4.90 Å². The molecule has 2 atom stereocenters. The summed E-state index contributed by atoms with van der Waals surface area (Å²) in [6.07, 6.45) is 1.85. The number of sulfonamides is 1. The molecule has 34 heavy (non-hydrogen) atoms. The van der Waals surface area contributed by atoms with Gasteiger partial charge in [-0.25, -0.2) is 13.2 Å². The maximum absolute atomic E-state index is 12.9. The van der Waals surface area contributed by atoms with Gasteiger partial charge in [0.1, 0.15) is 12.1 Å². The molecule has 2 heterocycles. The topological polar surface area (TPSA) is 116 Å². The number of carbonyl (C=O) groups excluding carboxylic acids is 3.